The first-order valence-corrected chi connectivity index (χ1v) is 8.28. The lowest BCUT2D eigenvalue weighted by Gasteiger charge is -2.22. The molecule has 1 aliphatic rings. The molecule has 1 heterocycles. The predicted molar refractivity (Wildman–Crippen MR) is 69.4 cm³/mol. The molecule has 0 atom stereocenters. The fourth-order valence-electron chi connectivity index (χ4n) is 2.22. The normalized spacial score (nSPS) is 18.4. The van der Waals surface area contributed by atoms with Crippen LogP contribution in [-0.2, 0) is 16.6 Å². The van der Waals surface area contributed by atoms with Crippen LogP contribution in [-0.4, -0.2) is 14.5 Å². The zero-order chi connectivity index (χ0) is 12.3. The zero-order valence-electron chi connectivity index (χ0n) is 9.69. The van der Waals surface area contributed by atoms with Crippen molar-refractivity contribution in [1.29, 1.82) is 0 Å². The maximum absolute atomic E-state index is 12.2. The lowest BCUT2D eigenvalue weighted by atomic mass is 9.96. The SMILES string of the molecule is NCc1sccc1S(=O)(=O)NC1CCCCC1. The molecule has 6 heteroatoms. The molecular weight excluding hydrogens is 256 g/mol. The van der Waals surface area contributed by atoms with E-state index in [1.165, 1.54) is 17.8 Å². The van der Waals surface area contributed by atoms with E-state index in [-0.39, 0.29) is 12.6 Å². The second-order valence-corrected chi connectivity index (χ2v) is 7.05. The number of rotatable bonds is 4. The van der Waals surface area contributed by atoms with Crippen molar-refractivity contribution in [3.05, 3.63) is 16.3 Å². The van der Waals surface area contributed by atoms with E-state index in [1.807, 2.05) is 0 Å². The van der Waals surface area contributed by atoms with Gasteiger partial charge >= 0.3 is 0 Å². The first-order chi connectivity index (χ1) is 8.13. The van der Waals surface area contributed by atoms with Crippen LogP contribution < -0.4 is 10.5 Å². The maximum atomic E-state index is 12.2. The van der Waals surface area contributed by atoms with Crippen LogP contribution in [0.25, 0.3) is 0 Å². The Morgan fingerprint density at radius 3 is 2.71 bits per heavy atom. The molecular formula is C11H18N2O2S2. The van der Waals surface area contributed by atoms with E-state index in [4.69, 9.17) is 5.73 Å². The van der Waals surface area contributed by atoms with Crippen LogP contribution in [0.15, 0.2) is 16.3 Å². The molecule has 0 unspecified atom stereocenters. The van der Waals surface area contributed by atoms with Gasteiger partial charge in [0.25, 0.3) is 0 Å². The van der Waals surface area contributed by atoms with Gasteiger partial charge < -0.3 is 5.73 Å². The van der Waals surface area contributed by atoms with E-state index in [1.54, 1.807) is 11.4 Å². The van der Waals surface area contributed by atoms with Crippen molar-refractivity contribution in [1.82, 2.24) is 4.72 Å². The van der Waals surface area contributed by atoms with Gasteiger partial charge in [-0.05, 0) is 24.3 Å². The Kier molecular flexibility index (Phi) is 4.19. The molecule has 1 aromatic rings. The average Bonchev–Trinajstić information content (AvgIpc) is 2.78. The van der Waals surface area contributed by atoms with Crippen molar-refractivity contribution < 1.29 is 8.42 Å². The molecule has 1 saturated carbocycles. The van der Waals surface area contributed by atoms with Gasteiger partial charge in [0.1, 0.15) is 0 Å². The molecule has 96 valence electrons. The van der Waals surface area contributed by atoms with E-state index in [2.05, 4.69) is 4.72 Å². The third-order valence-corrected chi connectivity index (χ3v) is 5.78. The maximum Gasteiger partial charge on any atom is 0.241 e. The summed E-state index contributed by atoms with van der Waals surface area (Å²) >= 11 is 1.39. The highest BCUT2D eigenvalue weighted by Crippen LogP contribution is 2.24. The first-order valence-electron chi connectivity index (χ1n) is 5.92. The molecule has 0 bridgehead atoms. The van der Waals surface area contributed by atoms with Crippen LogP contribution in [0, 0.1) is 0 Å². The molecule has 0 spiro atoms. The largest absolute Gasteiger partial charge is 0.326 e. The highest BCUT2D eigenvalue weighted by molar-refractivity contribution is 7.89. The lowest BCUT2D eigenvalue weighted by Crippen LogP contribution is -2.36. The molecule has 0 aliphatic heterocycles. The highest BCUT2D eigenvalue weighted by Gasteiger charge is 2.24. The Hall–Kier alpha value is -0.430. The molecule has 1 fully saturated rings. The monoisotopic (exact) mass is 274 g/mol. The van der Waals surface area contributed by atoms with E-state index >= 15 is 0 Å². The van der Waals surface area contributed by atoms with Crippen LogP contribution in [0.1, 0.15) is 37.0 Å². The summed E-state index contributed by atoms with van der Waals surface area (Å²) in [6.45, 7) is 0.276. The Morgan fingerprint density at radius 1 is 1.35 bits per heavy atom. The van der Waals surface area contributed by atoms with Gasteiger partial charge in [-0.1, -0.05) is 19.3 Å². The van der Waals surface area contributed by atoms with Crippen molar-refractivity contribution in [2.45, 2.75) is 49.6 Å². The molecule has 0 amide bonds. The standard InChI is InChI=1S/C11H18N2O2S2/c12-8-10-11(6-7-16-10)17(14,15)13-9-4-2-1-3-5-9/h6-7,9,13H,1-5,8,12H2. The summed E-state index contributed by atoms with van der Waals surface area (Å²) in [7, 11) is -3.38. The minimum absolute atomic E-state index is 0.0966. The third kappa shape index (κ3) is 3.07. The van der Waals surface area contributed by atoms with Crippen LogP contribution in [0.3, 0.4) is 0 Å². The van der Waals surface area contributed by atoms with Crippen molar-refractivity contribution in [2.24, 2.45) is 5.73 Å². The second kappa shape index (κ2) is 5.48. The van der Waals surface area contributed by atoms with Crippen LogP contribution in [0.4, 0.5) is 0 Å². The zero-order valence-corrected chi connectivity index (χ0v) is 11.3. The van der Waals surface area contributed by atoms with Crippen molar-refractivity contribution >= 4 is 21.4 Å². The van der Waals surface area contributed by atoms with Crippen LogP contribution in [0.2, 0.25) is 0 Å². The Balaban J connectivity index is 2.13. The fraction of sp³-hybridized carbons (Fsp3) is 0.636. The molecule has 1 aromatic heterocycles. The van der Waals surface area contributed by atoms with Gasteiger partial charge in [0.2, 0.25) is 10.0 Å². The summed E-state index contributed by atoms with van der Waals surface area (Å²) in [6.07, 6.45) is 5.33. The minimum atomic E-state index is -3.38. The van der Waals surface area contributed by atoms with E-state index in [0.29, 0.717) is 4.90 Å². The van der Waals surface area contributed by atoms with Gasteiger partial charge in [-0.25, -0.2) is 13.1 Å². The number of hydrogen-bond donors (Lipinski definition) is 2. The van der Waals surface area contributed by atoms with Gasteiger partial charge in [-0.3, -0.25) is 0 Å². The quantitative estimate of drug-likeness (QED) is 0.879. The Bertz CT molecular complexity index is 462. The van der Waals surface area contributed by atoms with Crippen LogP contribution >= 0.6 is 11.3 Å². The molecule has 0 aromatic carbocycles. The van der Waals surface area contributed by atoms with Gasteiger partial charge in [0.05, 0.1) is 4.90 Å². The minimum Gasteiger partial charge on any atom is -0.326 e. The highest BCUT2D eigenvalue weighted by atomic mass is 32.2. The summed E-state index contributed by atoms with van der Waals surface area (Å²) in [6, 6.07) is 1.73. The Morgan fingerprint density at radius 2 is 2.06 bits per heavy atom. The summed E-state index contributed by atoms with van der Waals surface area (Å²) in [5.74, 6) is 0. The fourth-order valence-corrected chi connectivity index (χ4v) is 4.86. The topological polar surface area (TPSA) is 72.2 Å². The summed E-state index contributed by atoms with van der Waals surface area (Å²) in [5.41, 5.74) is 5.54. The molecule has 17 heavy (non-hydrogen) atoms. The Labute approximate surface area is 106 Å². The number of thiophene rings is 1. The smallest absolute Gasteiger partial charge is 0.241 e. The lowest BCUT2D eigenvalue weighted by molar-refractivity contribution is 0.412. The molecule has 3 N–H and O–H groups in total. The van der Waals surface area contributed by atoms with Gasteiger partial charge in [-0.15, -0.1) is 11.3 Å². The van der Waals surface area contributed by atoms with Gasteiger partial charge in [0.15, 0.2) is 0 Å². The average molecular weight is 274 g/mol. The molecule has 1 aliphatic carbocycles. The van der Waals surface area contributed by atoms with E-state index in [0.717, 1.165) is 30.6 Å². The summed E-state index contributed by atoms with van der Waals surface area (Å²) in [4.78, 5) is 1.09. The van der Waals surface area contributed by atoms with E-state index < -0.39 is 10.0 Å². The van der Waals surface area contributed by atoms with Gasteiger partial charge in [0, 0.05) is 17.5 Å². The van der Waals surface area contributed by atoms with Crippen LogP contribution in [0.5, 0.6) is 0 Å². The first kappa shape index (κ1) is 13.0. The van der Waals surface area contributed by atoms with Crippen molar-refractivity contribution in [3.8, 4) is 0 Å². The van der Waals surface area contributed by atoms with Gasteiger partial charge in [-0.2, -0.15) is 0 Å². The summed E-state index contributed by atoms with van der Waals surface area (Å²) < 4.78 is 27.2. The summed E-state index contributed by atoms with van der Waals surface area (Å²) in [5, 5.41) is 1.78. The molecule has 0 saturated heterocycles. The second-order valence-electron chi connectivity index (χ2n) is 4.37. The molecule has 2 rings (SSSR count). The van der Waals surface area contributed by atoms with E-state index in [9.17, 15) is 8.42 Å². The third-order valence-electron chi connectivity index (χ3n) is 3.11. The number of nitrogens with two attached hydrogens (primary N) is 1. The number of hydrogen-bond acceptors (Lipinski definition) is 4. The van der Waals surface area contributed by atoms with Crippen molar-refractivity contribution in [3.63, 3.8) is 0 Å². The number of sulfonamides is 1. The molecule has 4 nitrogen and oxygen atoms in total. The van der Waals surface area contributed by atoms with Crippen molar-refractivity contribution in [2.75, 3.05) is 0 Å². The number of nitrogens with one attached hydrogen (secondary N) is 1. The molecule has 0 radical (unpaired) electrons. The predicted octanol–water partition coefficient (Wildman–Crippen LogP) is 1.82.